The van der Waals surface area contributed by atoms with Gasteiger partial charge in [-0.05, 0) is 61.6 Å². The van der Waals surface area contributed by atoms with Crippen molar-refractivity contribution < 1.29 is 14.7 Å². The van der Waals surface area contributed by atoms with Gasteiger partial charge in [0.15, 0.2) is 11.5 Å². The first-order valence-corrected chi connectivity index (χ1v) is 12.4. The molecule has 1 aromatic carbocycles. The van der Waals surface area contributed by atoms with Gasteiger partial charge in [-0.3, -0.25) is 9.59 Å². The van der Waals surface area contributed by atoms with Crippen molar-refractivity contribution in [2.75, 3.05) is 42.4 Å². The van der Waals surface area contributed by atoms with E-state index in [4.69, 9.17) is 5.73 Å². The standard InChI is InChI=1S/C24H30N8O3S/c1-14-11-20(36-30-14)29-23-21(22(25)34)26-12-19(28-23)32-10-4-5-17(18(32)13-33)27-24(35)15-6-8-16(9-7-15)31(2)3/h6-9,11-12,17-18,33H,4-5,10,13H2,1-3H3,(H2,25,34)(H,27,35)(H,28,29)/t17?,18-/m1/s1. The number of hydrogen-bond donors (Lipinski definition) is 4. The lowest BCUT2D eigenvalue weighted by molar-refractivity contribution is 0.0910. The maximum absolute atomic E-state index is 13.0. The number of anilines is 4. The monoisotopic (exact) mass is 510 g/mol. The van der Waals surface area contributed by atoms with Crippen LogP contribution in [0.25, 0.3) is 0 Å². The average molecular weight is 511 g/mol. The van der Waals surface area contributed by atoms with Crippen LogP contribution < -0.4 is 26.2 Å². The van der Waals surface area contributed by atoms with Crippen LogP contribution in [0.4, 0.5) is 22.3 Å². The van der Waals surface area contributed by atoms with Gasteiger partial charge in [-0.1, -0.05) is 0 Å². The lowest BCUT2D eigenvalue weighted by Crippen LogP contribution is -2.57. The van der Waals surface area contributed by atoms with Crippen molar-refractivity contribution in [1.29, 1.82) is 0 Å². The number of piperidine rings is 1. The Morgan fingerprint density at radius 3 is 2.64 bits per heavy atom. The molecule has 0 saturated carbocycles. The predicted molar refractivity (Wildman–Crippen MR) is 140 cm³/mol. The molecule has 0 aliphatic carbocycles. The number of amides is 2. The molecule has 2 aromatic heterocycles. The van der Waals surface area contributed by atoms with Crippen LogP contribution in [0.2, 0.25) is 0 Å². The third-order valence-corrected chi connectivity index (χ3v) is 6.88. The fourth-order valence-corrected chi connectivity index (χ4v) is 4.88. The number of aliphatic hydroxyl groups is 1. The fraction of sp³-hybridized carbons (Fsp3) is 0.375. The summed E-state index contributed by atoms with van der Waals surface area (Å²) in [6, 6.07) is 8.46. The van der Waals surface area contributed by atoms with Crippen molar-refractivity contribution in [3.63, 3.8) is 0 Å². The van der Waals surface area contributed by atoms with E-state index < -0.39 is 11.9 Å². The van der Waals surface area contributed by atoms with Gasteiger partial charge in [0, 0.05) is 31.9 Å². The topological polar surface area (TPSA) is 150 Å². The molecule has 1 unspecified atom stereocenters. The minimum absolute atomic E-state index is 0.00776. The van der Waals surface area contributed by atoms with Gasteiger partial charge >= 0.3 is 0 Å². The van der Waals surface area contributed by atoms with Crippen molar-refractivity contribution >= 4 is 45.7 Å². The Balaban J connectivity index is 1.55. The SMILES string of the molecule is Cc1cc(Nc2nc(N3CCCC(NC(=O)c4ccc(N(C)C)cc4)[C@H]3CO)cnc2C(N)=O)sn1. The number of hydrogen-bond acceptors (Lipinski definition) is 10. The number of nitrogens with two attached hydrogens (primary N) is 1. The fourth-order valence-electron chi connectivity index (χ4n) is 4.22. The molecule has 1 aliphatic heterocycles. The maximum atomic E-state index is 13.0. The number of primary amides is 1. The second-order valence-corrected chi connectivity index (χ2v) is 9.66. The van der Waals surface area contributed by atoms with Crippen molar-refractivity contribution in [2.45, 2.75) is 31.8 Å². The first-order valence-electron chi connectivity index (χ1n) is 11.6. The predicted octanol–water partition coefficient (Wildman–Crippen LogP) is 1.91. The van der Waals surface area contributed by atoms with Gasteiger partial charge in [-0.15, -0.1) is 0 Å². The molecule has 5 N–H and O–H groups in total. The molecule has 0 radical (unpaired) electrons. The summed E-state index contributed by atoms with van der Waals surface area (Å²) in [5.41, 5.74) is 7.90. The van der Waals surface area contributed by atoms with Gasteiger partial charge in [0.05, 0.1) is 30.6 Å². The molecule has 2 atom stereocenters. The number of aryl methyl sites for hydroxylation is 1. The van der Waals surface area contributed by atoms with Crippen LogP contribution in [-0.2, 0) is 0 Å². The summed E-state index contributed by atoms with van der Waals surface area (Å²) in [5, 5.41) is 17.1. The van der Waals surface area contributed by atoms with E-state index in [9.17, 15) is 14.7 Å². The zero-order valence-corrected chi connectivity index (χ0v) is 21.2. The van der Waals surface area contributed by atoms with Gasteiger partial charge < -0.3 is 31.3 Å². The Labute approximate surface area is 213 Å². The number of benzene rings is 1. The number of rotatable bonds is 8. The molecule has 12 heteroatoms. The highest BCUT2D eigenvalue weighted by molar-refractivity contribution is 7.10. The van der Waals surface area contributed by atoms with E-state index in [0.717, 1.165) is 17.8 Å². The Morgan fingerprint density at radius 2 is 2.03 bits per heavy atom. The lowest BCUT2D eigenvalue weighted by atomic mass is 9.96. The first kappa shape index (κ1) is 25.3. The van der Waals surface area contributed by atoms with Crippen LogP contribution in [0.3, 0.4) is 0 Å². The van der Waals surface area contributed by atoms with Gasteiger partial charge in [-0.25, -0.2) is 9.97 Å². The molecule has 2 amide bonds. The molecular weight excluding hydrogens is 480 g/mol. The van der Waals surface area contributed by atoms with E-state index in [-0.39, 0.29) is 30.1 Å². The third-order valence-electron chi connectivity index (χ3n) is 6.09. The third kappa shape index (κ3) is 5.55. The average Bonchev–Trinajstić information content (AvgIpc) is 3.28. The summed E-state index contributed by atoms with van der Waals surface area (Å²) in [5.74, 6) is -0.228. The summed E-state index contributed by atoms with van der Waals surface area (Å²) in [6.07, 6.45) is 2.95. The molecule has 3 heterocycles. The van der Waals surface area contributed by atoms with Crippen LogP contribution in [0.5, 0.6) is 0 Å². The summed E-state index contributed by atoms with van der Waals surface area (Å²) < 4.78 is 4.23. The smallest absolute Gasteiger partial charge is 0.271 e. The summed E-state index contributed by atoms with van der Waals surface area (Å²) in [6.45, 7) is 2.28. The van der Waals surface area contributed by atoms with Crippen molar-refractivity contribution in [3.8, 4) is 0 Å². The molecule has 36 heavy (non-hydrogen) atoms. The molecule has 3 aromatic rings. The number of carbonyl (C=O) groups is 2. The Morgan fingerprint density at radius 1 is 1.28 bits per heavy atom. The van der Waals surface area contributed by atoms with Crippen LogP contribution in [0.1, 0.15) is 39.4 Å². The lowest BCUT2D eigenvalue weighted by Gasteiger charge is -2.41. The van der Waals surface area contributed by atoms with E-state index in [0.29, 0.717) is 29.3 Å². The Hall–Kier alpha value is -3.77. The highest BCUT2D eigenvalue weighted by Gasteiger charge is 2.34. The Kier molecular flexibility index (Phi) is 7.65. The van der Waals surface area contributed by atoms with Gasteiger partial charge in [-0.2, -0.15) is 4.37 Å². The highest BCUT2D eigenvalue weighted by Crippen LogP contribution is 2.28. The van der Waals surface area contributed by atoms with Crippen molar-refractivity contribution in [2.24, 2.45) is 5.73 Å². The second-order valence-electron chi connectivity index (χ2n) is 8.85. The van der Waals surface area contributed by atoms with E-state index in [1.807, 2.05) is 49.0 Å². The molecule has 1 saturated heterocycles. The maximum Gasteiger partial charge on any atom is 0.271 e. The number of carbonyl (C=O) groups excluding carboxylic acids is 2. The quantitative estimate of drug-likeness (QED) is 0.356. The molecule has 0 bridgehead atoms. The molecule has 1 fully saturated rings. The minimum atomic E-state index is -0.708. The minimum Gasteiger partial charge on any atom is -0.394 e. The van der Waals surface area contributed by atoms with Crippen molar-refractivity contribution in [1.82, 2.24) is 19.7 Å². The van der Waals surface area contributed by atoms with E-state index >= 15 is 0 Å². The highest BCUT2D eigenvalue weighted by atomic mass is 32.1. The molecule has 190 valence electrons. The molecule has 1 aliphatic rings. The van der Waals surface area contributed by atoms with E-state index in [1.165, 1.54) is 17.7 Å². The molecule has 11 nitrogen and oxygen atoms in total. The summed E-state index contributed by atoms with van der Waals surface area (Å²) >= 11 is 1.23. The van der Waals surface area contributed by atoms with Gasteiger partial charge in [0.2, 0.25) is 0 Å². The van der Waals surface area contributed by atoms with Gasteiger partial charge in [0.25, 0.3) is 11.8 Å². The normalized spacial score (nSPS) is 17.5. The number of aromatic nitrogens is 3. The number of aliphatic hydroxyl groups excluding tert-OH is 1. The van der Waals surface area contributed by atoms with Crippen LogP contribution in [-0.4, -0.2) is 70.6 Å². The van der Waals surface area contributed by atoms with E-state index in [1.54, 1.807) is 12.1 Å². The zero-order chi connectivity index (χ0) is 25.8. The Bertz CT molecular complexity index is 1230. The summed E-state index contributed by atoms with van der Waals surface area (Å²) in [7, 11) is 3.88. The number of nitrogens with one attached hydrogen (secondary N) is 2. The van der Waals surface area contributed by atoms with Gasteiger partial charge in [0.1, 0.15) is 10.8 Å². The zero-order valence-electron chi connectivity index (χ0n) is 20.4. The van der Waals surface area contributed by atoms with Crippen LogP contribution in [0.15, 0.2) is 36.5 Å². The largest absolute Gasteiger partial charge is 0.394 e. The van der Waals surface area contributed by atoms with Crippen LogP contribution in [0, 0.1) is 6.92 Å². The molecular formula is C24H30N8O3S. The van der Waals surface area contributed by atoms with Crippen LogP contribution >= 0.6 is 11.5 Å². The second kappa shape index (κ2) is 10.9. The number of nitrogens with zero attached hydrogens (tertiary/aromatic N) is 5. The summed E-state index contributed by atoms with van der Waals surface area (Å²) in [4.78, 5) is 37.7. The van der Waals surface area contributed by atoms with E-state index in [2.05, 4.69) is 25.0 Å². The molecule has 4 rings (SSSR count). The first-order chi connectivity index (χ1) is 17.3. The molecule has 0 spiro atoms. The van der Waals surface area contributed by atoms with Crippen molar-refractivity contribution in [3.05, 3.63) is 53.5 Å².